The molecule has 90 valence electrons. The van der Waals surface area contributed by atoms with Crippen LogP contribution in [-0.2, 0) is 9.47 Å². The van der Waals surface area contributed by atoms with Crippen LogP contribution in [0, 0.1) is 0 Å². The first kappa shape index (κ1) is 12.9. The highest BCUT2D eigenvalue weighted by Crippen LogP contribution is 2.17. The van der Waals surface area contributed by atoms with Gasteiger partial charge < -0.3 is 14.6 Å². The second kappa shape index (κ2) is 7.17. The van der Waals surface area contributed by atoms with Crippen LogP contribution in [0.25, 0.3) is 0 Å². The summed E-state index contributed by atoms with van der Waals surface area (Å²) in [5.41, 5.74) is 0. The predicted molar refractivity (Wildman–Crippen MR) is 58.7 cm³/mol. The monoisotopic (exact) mass is 217 g/mol. The minimum atomic E-state index is -0.183. The third-order valence-corrected chi connectivity index (χ3v) is 3.12. The lowest BCUT2D eigenvalue weighted by Crippen LogP contribution is -2.43. The minimum absolute atomic E-state index is 0.183. The smallest absolute Gasteiger partial charge is 0.169 e. The number of aliphatic hydroxyl groups excluding tert-OH is 1. The van der Waals surface area contributed by atoms with Crippen LogP contribution in [0.1, 0.15) is 25.7 Å². The SMILES string of the molecule is COC(CN1CCCCCC1CO)OC. The van der Waals surface area contributed by atoms with Gasteiger partial charge in [0.2, 0.25) is 0 Å². The average molecular weight is 217 g/mol. The molecule has 1 atom stereocenters. The Morgan fingerprint density at radius 2 is 2.00 bits per heavy atom. The van der Waals surface area contributed by atoms with Crippen LogP contribution in [0.2, 0.25) is 0 Å². The van der Waals surface area contributed by atoms with E-state index in [-0.39, 0.29) is 18.9 Å². The van der Waals surface area contributed by atoms with Crippen molar-refractivity contribution >= 4 is 0 Å². The zero-order valence-electron chi connectivity index (χ0n) is 9.82. The van der Waals surface area contributed by atoms with E-state index in [4.69, 9.17) is 9.47 Å². The molecule has 0 aliphatic carbocycles. The Labute approximate surface area is 92.2 Å². The highest BCUT2D eigenvalue weighted by Gasteiger charge is 2.22. The van der Waals surface area contributed by atoms with Crippen molar-refractivity contribution in [2.75, 3.05) is 33.9 Å². The van der Waals surface area contributed by atoms with Crippen molar-refractivity contribution in [3.63, 3.8) is 0 Å². The Hall–Kier alpha value is -0.160. The number of aliphatic hydroxyl groups is 1. The summed E-state index contributed by atoms with van der Waals surface area (Å²) >= 11 is 0. The van der Waals surface area contributed by atoms with Crippen LogP contribution < -0.4 is 0 Å². The number of rotatable bonds is 5. The molecular formula is C11H23NO3. The van der Waals surface area contributed by atoms with Crippen LogP contribution in [0.5, 0.6) is 0 Å². The van der Waals surface area contributed by atoms with E-state index >= 15 is 0 Å². The van der Waals surface area contributed by atoms with Gasteiger partial charge in [0.15, 0.2) is 6.29 Å². The molecule has 1 fully saturated rings. The fraction of sp³-hybridized carbons (Fsp3) is 1.00. The first-order valence-electron chi connectivity index (χ1n) is 5.72. The van der Waals surface area contributed by atoms with Gasteiger partial charge in [-0.2, -0.15) is 0 Å². The topological polar surface area (TPSA) is 41.9 Å². The molecule has 0 saturated carbocycles. The Morgan fingerprint density at radius 3 is 2.60 bits per heavy atom. The normalized spacial score (nSPS) is 24.4. The molecule has 0 spiro atoms. The minimum Gasteiger partial charge on any atom is -0.395 e. The van der Waals surface area contributed by atoms with Crippen molar-refractivity contribution in [1.29, 1.82) is 0 Å². The number of hydrogen-bond acceptors (Lipinski definition) is 4. The van der Waals surface area contributed by atoms with Gasteiger partial charge in [0.1, 0.15) is 0 Å². The summed E-state index contributed by atoms with van der Waals surface area (Å²) in [7, 11) is 3.31. The maximum absolute atomic E-state index is 9.32. The Bertz CT molecular complexity index is 162. The summed E-state index contributed by atoms with van der Waals surface area (Å²) in [6.45, 7) is 2.02. The maximum atomic E-state index is 9.32. The van der Waals surface area contributed by atoms with Crippen LogP contribution in [0.4, 0.5) is 0 Å². The molecule has 15 heavy (non-hydrogen) atoms. The quantitative estimate of drug-likeness (QED) is 0.693. The van der Waals surface area contributed by atoms with Gasteiger partial charge in [0.05, 0.1) is 6.61 Å². The average Bonchev–Trinajstić information content (AvgIpc) is 2.50. The molecule has 0 bridgehead atoms. The molecule has 1 aliphatic heterocycles. The molecule has 1 rings (SSSR count). The molecule has 4 nitrogen and oxygen atoms in total. The van der Waals surface area contributed by atoms with E-state index in [9.17, 15) is 5.11 Å². The maximum Gasteiger partial charge on any atom is 0.169 e. The zero-order chi connectivity index (χ0) is 11.1. The summed E-state index contributed by atoms with van der Waals surface area (Å²) < 4.78 is 10.4. The predicted octanol–water partition coefficient (Wildman–Crippen LogP) is 0.842. The Balaban J connectivity index is 2.46. The first-order valence-corrected chi connectivity index (χ1v) is 5.72. The number of methoxy groups -OCH3 is 2. The standard InChI is InChI=1S/C11H23NO3/c1-14-11(15-2)8-12-7-5-3-4-6-10(12)9-13/h10-11,13H,3-9H2,1-2H3. The molecule has 0 aromatic carbocycles. The van der Waals surface area contributed by atoms with Gasteiger partial charge in [0.25, 0.3) is 0 Å². The fourth-order valence-corrected chi connectivity index (χ4v) is 2.12. The van der Waals surface area contributed by atoms with E-state index in [0.717, 1.165) is 19.5 Å². The lowest BCUT2D eigenvalue weighted by atomic mass is 10.1. The molecule has 4 heteroatoms. The second-order valence-corrected chi connectivity index (χ2v) is 4.08. The van der Waals surface area contributed by atoms with E-state index in [1.165, 1.54) is 19.3 Å². The van der Waals surface area contributed by atoms with E-state index in [1.54, 1.807) is 14.2 Å². The van der Waals surface area contributed by atoms with Crippen LogP contribution in [0.3, 0.4) is 0 Å². The van der Waals surface area contributed by atoms with Gasteiger partial charge in [-0.25, -0.2) is 0 Å². The zero-order valence-corrected chi connectivity index (χ0v) is 9.82. The van der Waals surface area contributed by atoms with Gasteiger partial charge in [0, 0.05) is 26.8 Å². The lowest BCUT2D eigenvalue weighted by Gasteiger charge is -2.30. The highest BCUT2D eigenvalue weighted by molar-refractivity contribution is 4.75. The second-order valence-electron chi connectivity index (χ2n) is 4.08. The van der Waals surface area contributed by atoms with Crippen molar-refractivity contribution in [1.82, 2.24) is 4.90 Å². The number of hydrogen-bond donors (Lipinski definition) is 1. The highest BCUT2D eigenvalue weighted by atomic mass is 16.7. The summed E-state index contributed by atoms with van der Waals surface area (Å²) in [6, 6.07) is 0.278. The third-order valence-electron chi connectivity index (χ3n) is 3.12. The fourth-order valence-electron chi connectivity index (χ4n) is 2.12. The van der Waals surface area contributed by atoms with Crippen molar-refractivity contribution in [3.05, 3.63) is 0 Å². The van der Waals surface area contributed by atoms with Crippen molar-refractivity contribution < 1.29 is 14.6 Å². The number of ether oxygens (including phenoxy) is 2. The van der Waals surface area contributed by atoms with Crippen molar-refractivity contribution in [3.8, 4) is 0 Å². The van der Waals surface area contributed by atoms with Crippen molar-refractivity contribution in [2.45, 2.75) is 38.0 Å². The van der Waals surface area contributed by atoms with Gasteiger partial charge in [-0.1, -0.05) is 12.8 Å². The lowest BCUT2D eigenvalue weighted by molar-refractivity contribution is -0.122. The Morgan fingerprint density at radius 1 is 1.27 bits per heavy atom. The largest absolute Gasteiger partial charge is 0.395 e. The van der Waals surface area contributed by atoms with Crippen LogP contribution in [0.15, 0.2) is 0 Å². The molecule has 1 heterocycles. The molecule has 1 unspecified atom stereocenters. The van der Waals surface area contributed by atoms with Gasteiger partial charge in [-0.3, -0.25) is 4.90 Å². The van der Waals surface area contributed by atoms with Crippen LogP contribution >= 0.6 is 0 Å². The van der Waals surface area contributed by atoms with Gasteiger partial charge in [-0.05, 0) is 19.4 Å². The number of likely N-dealkylation sites (tertiary alicyclic amines) is 1. The van der Waals surface area contributed by atoms with E-state index < -0.39 is 0 Å². The van der Waals surface area contributed by atoms with E-state index in [1.807, 2.05) is 0 Å². The molecule has 0 amide bonds. The summed E-state index contributed by atoms with van der Waals surface area (Å²) in [6.07, 6.45) is 4.58. The molecule has 0 radical (unpaired) electrons. The van der Waals surface area contributed by atoms with Crippen molar-refractivity contribution in [2.24, 2.45) is 0 Å². The molecule has 0 aromatic heterocycles. The summed E-state index contributed by atoms with van der Waals surface area (Å²) in [5.74, 6) is 0. The van der Waals surface area contributed by atoms with Crippen LogP contribution in [-0.4, -0.2) is 56.3 Å². The number of nitrogens with zero attached hydrogens (tertiary/aromatic N) is 1. The summed E-state index contributed by atoms with van der Waals surface area (Å²) in [4.78, 5) is 2.28. The molecule has 0 aromatic rings. The molecule has 1 aliphatic rings. The third kappa shape index (κ3) is 4.07. The van der Waals surface area contributed by atoms with E-state index in [0.29, 0.717) is 0 Å². The molecular weight excluding hydrogens is 194 g/mol. The summed E-state index contributed by atoms with van der Waals surface area (Å²) in [5, 5.41) is 9.32. The first-order chi connectivity index (χ1) is 7.31. The van der Waals surface area contributed by atoms with E-state index in [2.05, 4.69) is 4.90 Å². The Kier molecular flexibility index (Phi) is 6.17. The molecule has 1 saturated heterocycles. The van der Waals surface area contributed by atoms with Gasteiger partial charge in [-0.15, -0.1) is 0 Å². The van der Waals surface area contributed by atoms with Gasteiger partial charge >= 0.3 is 0 Å². The molecule has 1 N–H and O–H groups in total.